The third-order valence-corrected chi connectivity index (χ3v) is 7.30. The molecule has 0 saturated heterocycles. The van der Waals surface area contributed by atoms with Crippen molar-refractivity contribution in [2.75, 3.05) is 21.1 Å². The Balaban J connectivity index is 6.50. The lowest BCUT2D eigenvalue weighted by Crippen LogP contribution is -2.62. The minimum Gasteiger partial charge on any atom is -0.480 e. The van der Waals surface area contributed by atoms with E-state index in [1.165, 1.54) is 30.8 Å². The molecule has 0 aromatic heterocycles. The first-order chi connectivity index (χ1) is 18.4. The van der Waals surface area contributed by atoms with Crippen LogP contribution in [0.2, 0.25) is 0 Å². The molecule has 0 radical (unpaired) electrons. The summed E-state index contributed by atoms with van der Waals surface area (Å²) in [5.41, 5.74) is 0. The number of hydrogen-bond acceptors (Lipinski definition) is 6. The molecule has 0 bridgehead atoms. The number of carboxylic acid groups (broad SMARTS) is 1. The van der Waals surface area contributed by atoms with Crippen molar-refractivity contribution < 1.29 is 34.2 Å². The molecule has 0 rings (SSSR count). The molecule has 6 unspecified atom stereocenters. The molecule has 0 aliphatic carbocycles. The van der Waals surface area contributed by atoms with Gasteiger partial charge in [-0.25, -0.2) is 4.79 Å². The summed E-state index contributed by atoms with van der Waals surface area (Å²) in [7, 11) is 4.42. The van der Waals surface area contributed by atoms with Gasteiger partial charge in [0.15, 0.2) is 0 Å². The molecule has 0 aliphatic heterocycles. The molecule has 0 aliphatic rings. The number of amides is 4. The van der Waals surface area contributed by atoms with Crippen LogP contribution in [-0.4, -0.2) is 106 Å². The first kappa shape index (κ1) is 37.0. The van der Waals surface area contributed by atoms with Gasteiger partial charge in [-0.15, -0.1) is 0 Å². The van der Waals surface area contributed by atoms with Gasteiger partial charge >= 0.3 is 5.97 Å². The Bertz CT molecular complexity index is 905. The highest BCUT2D eigenvalue weighted by molar-refractivity contribution is 5.95. The fourth-order valence-corrected chi connectivity index (χ4v) is 4.66. The van der Waals surface area contributed by atoms with Crippen molar-refractivity contribution in [3.63, 3.8) is 0 Å². The van der Waals surface area contributed by atoms with Gasteiger partial charge in [-0.2, -0.15) is 0 Å². The molecule has 6 atom stereocenters. The summed E-state index contributed by atoms with van der Waals surface area (Å²) in [6.07, 6.45) is 3.27. The molecule has 0 fully saturated rings. The van der Waals surface area contributed by atoms with Crippen LogP contribution in [0.1, 0.15) is 74.7 Å². The third kappa shape index (κ3) is 10.2. The Kier molecular flexibility index (Phi) is 15.7. The number of rotatable bonds is 16. The molecule has 0 saturated carbocycles. The number of carbonyl (C=O) groups excluding carboxylic acids is 4. The zero-order valence-electron chi connectivity index (χ0n) is 26.2. The normalized spacial score (nSPS) is 16.1. The standard InChI is InChI=1S/C29H52N4O7/c1-12-14-15-19(7)25(35)24(26(36)30-21(13-2)29(39)40)33(11)28(38)23(18(5)6)32(10)27(37)22(16-17(3)4)31(9)20(8)34/h12,14,17-19,21-25,35H,13,15-16H2,1-11H3,(H,30,36)(H,39,40)/b14-12+. The van der Waals surface area contributed by atoms with Gasteiger partial charge in [0.2, 0.25) is 23.6 Å². The van der Waals surface area contributed by atoms with Crippen LogP contribution in [0.25, 0.3) is 0 Å². The fourth-order valence-electron chi connectivity index (χ4n) is 4.66. The van der Waals surface area contributed by atoms with Crippen LogP contribution in [-0.2, 0) is 24.0 Å². The first-order valence-electron chi connectivity index (χ1n) is 14.0. The number of likely N-dealkylation sites (N-methyl/N-ethyl adjacent to an activating group) is 3. The highest BCUT2D eigenvalue weighted by Gasteiger charge is 2.43. The Morgan fingerprint density at radius 3 is 1.80 bits per heavy atom. The van der Waals surface area contributed by atoms with Gasteiger partial charge in [-0.1, -0.05) is 53.7 Å². The zero-order valence-corrected chi connectivity index (χ0v) is 26.2. The average Bonchev–Trinajstić information content (AvgIpc) is 2.87. The van der Waals surface area contributed by atoms with E-state index in [1.54, 1.807) is 34.7 Å². The maximum Gasteiger partial charge on any atom is 0.326 e. The van der Waals surface area contributed by atoms with Crippen molar-refractivity contribution in [1.29, 1.82) is 0 Å². The third-order valence-electron chi connectivity index (χ3n) is 7.30. The minimum absolute atomic E-state index is 0.0997. The molecular formula is C29H52N4O7. The predicted octanol–water partition coefficient (Wildman–Crippen LogP) is 2.13. The average molecular weight is 569 g/mol. The van der Waals surface area contributed by atoms with Crippen LogP contribution in [0.4, 0.5) is 0 Å². The van der Waals surface area contributed by atoms with E-state index in [9.17, 15) is 34.2 Å². The monoisotopic (exact) mass is 568 g/mol. The van der Waals surface area contributed by atoms with Gasteiger partial charge in [0.1, 0.15) is 24.2 Å². The highest BCUT2D eigenvalue weighted by Crippen LogP contribution is 2.22. The molecule has 230 valence electrons. The molecule has 0 aromatic rings. The van der Waals surface area contributed by atoms with E-state index < -0.39 is 59.9 Å². The van der Waals surface area contributed by atoms with Gasteiger partial charge in [0, 0.05) is 28.1 Å². The summed E-state index contributed by atoms with van der Waals surface area (Å²) >= 11 is 0. The van der Waals surface area contributed by atoms with Gasteiger partial charge in [0.25, 0.3) is 0 Å². The van der Waals surface area contributed by atoms with Gasteiger partial charge in [-0.05, 0) is 43.9 Å². The number of nitrogens with zero attached hydrogens (tertiary/aromatic N) is 3. The Morgan fingerprint density at radius 1 is 0.875 bits per heavy atom. The molecule has 0 aromatic carbocycles. The lowest BCUT2D eigenvalue weighted by atomic mass is 9.91. The summed E-state index contributed by atoms with van der Waals surface area (Å²) in [5.74, 6) is -4.02. The fraction of sp³-hybridized carbons (Fsp3) is 0.759. The highest BCUT2D eigenvalue weighted by atomic mass is 16.4. The molecule has 0 spiro atoms. The number of hydrogen-bond donors (Lipinski definition) is 3. The van der Waals surface area contributed by atoms with Gasteiger partial charge in [-0.3, -0.25) is 19.2 Å². The minimum atomic E-state index is -1.41. The zero-order chi connectivity index (χ0) is 31.5. The second kappa shape index (κ2) is 17.0. The predicted molar refractivity (Wildman–Crippen MR) is 154 cm³/mol. The van der Waals surface area contributed by atoms with E-state index in [-0.39, 0.29) is 24.2 Å². The van der Waals surface area contributed by atoms with Crippen LogP contribution < -0.4 is 5.32 Å². The quantitative estimate of drug-likeness (QED) is 0.242. The van der Waals surface area contributed by atoms with Crippen molar-refractivity contribution >= 4 is 29.6 Å². The van der Waals surface area contributed by atoms with E-state index in [0.717, 1.165) is 4.90 Å². The number of carboxylic acids is 1. The van der Waals surface area contributed by atoms with E-state index in [2.05, 4.69) is 5.32 Å². The second-order valence-electron chi connectivity index (χ2n) is 11.4. The Morgan fingerprint density at radius 2 is 1.40 bits per heavy atom. The van der Waals surface area contributed by atoms with Crippen molar-refractivity contribution in [1.82, 2.24) is 20.0 Å². The van der Waals surface area contributed by atoms with Gasteiger partial charge < -0.3 is 30.2 Å². The number of aliphatic carboxylic acids is 1. The van der Waals surface area contributed by atoms with Crippen LogP contribution >= 0.6 is 0 Å². The molecule has 11 nitrogen and oxygen atoms in total. The first-order valence-corrected chi connectivity index (χ1v) is 14.0. The van der Waals surface area contributed by atoms with Crippen LogP contribution in [0.15, 0.2) is 12.2 Å². The van der Waals surface area contributed by atoms with Gasteiger partial charge in [0.05, 0.1) is 6.10 Å². The van der Waals surface area contributed by atoms with Crippen LogP contribution in [0.3, 0.4) is 0 Å². The molecule has 11 heteroatoms. The molecule has 4 amide bonds. The molecule has 3 N–H and O–H groups in total. The Labute approximate surface area is 239 Å². The number of carbonyl (C=O) groups is 5. The summed E-state index contributed by atoms with van der Waals surface area (Å²) in [5, 5.41) is 23.2. The summed E-state index contributed by atoms with van der Waals surface area (Å²) in [4.78, 5) is 68.6. The van der Waals surface area contributed by atoms with E-state index in [0.29, 0.717) is 12.8 Å². The van der Waals surface area contributed by atoms with Crippen LogP contribution in [0, 0.1) is 17.8 Å². The van der Waals surface area contributed by atoms with Crippen molar-refractivity contribution in [3.8, 4) is 0 Å². The Hall–Kier alpha value is -2.95. The molecule has 0 heterocycles. The second-order valence-corrected chi connectivity index (χ2v) is 11.4. The molecular weight excluding hydrogens is 516 g/mol. The van der Waals surface area contributed by atoms with Crippen molar-refractivity contribution in [2.45, 2.75) is 105 Å². The summed E-state index contributed by atoms with van der Waals surface area (Å²) < 4.78 is 0. The van der Waals surface area contributed by atoms with Crippen molar-refractivity contribution in [2.24, 2.45) is 17.8 Å². The summed E-state index contributed by atoms with van der Waals surface area (Å²) in [6, 6.07) is -4.39. The maximum atomic E-state index is 14.0. The molecule has 40 heavy (non-hydrogen) atoms. The van der Waals surface area contributed by atoms with Crippen LogP contribution in [0.5, 0.6) is 0 Å². The number of aliphatic hydroxyl groups is 1. The maximum absolute atomic E-state index is 14.0. The van der Waals surface area contributed by atoms with E-state index in [4.69, 9.17) is 0 Å². The SMILES string of the molecule is C/C=C/CC(C)C(O)C(C(=O)NC(CC)C(=O)O)N(C)C(=O)C(C(C)C)N(C)C(=O)C(CC(C)C)N(C)C(C)=O. The lowest BCUT2D eigenvalue weighted by Gasteiger charge is -2.40. The lowest BCUT2D eigenvalue weighted by molar-refractivity contribution is -0.156. The van der Waals surface area contributed by atoms with E-state index in [1.807, 2.05) is 32.9 Å². The largest absolute Gasteiger partial charge is 0.480 e. The topological polar surface area (TPSA) is 148 Å². The summed E-state index contributed by atoms with van der Waals surface area (Å²) in [6.45, 7) is 14.0. The van der Waals surface area contributed by atoms with E-state index >= 15 is 0 Å². The smallest absolute Gasteiger partial charge is 0.326 e. The van der Waals surface area contributed by atoms with Crippen molar-refractivity contribution in [3.05, 3.63) is 12.2 Å². The number of aliphatic hydroxyl groups excluding tert-OH is 1. The number of nitrogens with one attached hydrogen (secondary N) is 1. The number of allylic oxidation sites excluding steroid dienone is 2.